The van der Waals surface area contributed by atoms with Crippen molar-refractivity contribution < 1.29 is 27.6 Å². The van der Waals surface area contributed by atoms with E-state index in [-0.39, 0.29) is 22.9 Å². The van der Waals surface area contributed by atoms with Gasteiger partial charge in [0.25, 0.3) is 10.1 Å². The van der Waals surface area contributed by atoms with E-state index in [9.17, 15) is 22.9 Å². The van der Waals surface area contributed by atoms with E-state index >= 15 is 0 Å². The van der Waals surface area contributed by atoms with Gasteiger partial charge in [0, 0.05) is 16.7 Å². The van der Waals surface area contributed by atoms with Crippen LogP contribution in [-0.2, 0) is 20.3 Å². The van der Waals surface area contributed by atoms with Crippen LogP contribution in [0.25, 0.3) is 6.08 Å². The molecule has 29 heavy (non-hydrogen) atoms. The highest BCUT2D eigenvalue weighted by molar-refractivity contribution is 7.85. The number of phenols is 1. The van der Waals surface area contributed by atoms with Crippen LogP contribution in [0.3, 0.4) is 0 Å². The Morgan fingerprint density at radius 3 is 2.41 bits per heavy atom. The van der Waals surface area contributed by atoms with E-state index in [0.717, 1.165) is 0 Å². The Kier molecular flexibility index (Phi) is 4.95. The number of rotatable bonds is 4. The number of ether oxygens (including phenoxy) is 1. The zero-order valence-electron chi connectivity index (χ0n) is 17.9. The van der Waals surface area contributed by atoms with Gasteiger partial charge in [-0.1, -0.05) is 34.6 Å². The molecule has 2 unspecified atom stereocenters. The van der Waals surface area contributed by atoms with E-state index in [1.165, 1.54) is 0 Å². The third kappa shape index (κ3) is 3.38. The van der Waals surface area contributed by atoms with Gasteiger partial charge in [-0.25, -0.2) is 0 Å². The van der Waals surface area contributed by atoms with Crippen LogP contribution in [0.2, 0.25) is 0 Å². The van der Waals surface area contributed by atoms with Gasteiger partial charge < -0.3 is 9.84 Å². The Morgan fingerprint density at radius 2 is 1.90 bits per heavy atom. The van der Waals surface area contributed by atoms with Gasteiger partial charge in [-0.15, -0.1) is 0 Å². The summed E-state index contributed by atoms with van der Waals surface area (Å²) in [5.74, 6) is -0.307. The number of aromatic hydroxyl groups is 1. The molecule has 0 aromatic heterocycles. The van der Waals surface area contributed by atoms with E-state index < -0.39 is 26.7 Å². The lowest BCUT2D eigenvalue weighted by atomic mass is 9.70. The normalized spacial score (nSPS) is 27.6. The predicted octanol–water partition coefficient (Wildman–Crippen LogP) is 3.97. The minimum atomic E-state index is -4.31. The summed E-state index contributed by atoms with van der Waals surface area (Å²) in [6.07, 6.45) is 2.77. The molecule has 160 valence electrons. The van der Waals surface area contributed by atoms with E-state index in [1.807, 2.05) is 34.6 Å². The van der Waals surface area contributed by atoms with Gasteiger partial charge in [0.2, 0.25) is 0 Å². The fourth-order valence-electron chi connectivity index (χ4n) is 5.19. The zero-order chi connectivity index (χ0) is 22.0. The Morgan fingerprint density at radius 1 is 1.28 bits per heavy atom. The molecular weight excluding hydrogens is 392 g/mol. The number of benzene rings is 1. The summed E-state index contributed by atoms with van der Waals surface area (Å²) in [6, 6.07) is 3.46. The Hall–Kier alpha value is -1.86. The van der Waals surface area contributed by atoms with E-state index in [4.69, 9.17) is 4.74 Å². The number of hydrogen-bond donors (Lipinski definition) is 2. The van der Waals surface area contributed by atoms with Crippen LogP contribution >= 0.6 is 0 Å². The number of carbonyl (C=O) groups is 1. The fraction of sp³-hybridized carbons (Fsp3) is 0.591. The number of phenolic OH excluding ortho intramolecular Hbond substituents is 1. The second-order valence-electron chi connectivity index (χ2n) is 9.91. The molecule has 2 bridgehead atoms. The molecule has 2 aliphatic rings. The SMILES string of the molecule is COc1cc(/C=C2/C(=O)C3(CS(=O)(=O)O)CCC2C3(C)C)c(O)c(C(C)(C)C)c1. The molecule has 2 N–H and O–H groups in total. The molecular formula is C22H30O6S. The number of fused-ring (bicyclic) bond motifs is 2. The van der Waals surface area contributed by atoms with Gasteiger partial charge >= 0.3 is 0 Å². The summed E-state index contributed by atoms with van der Waals surface area (Å²) < 4.78 is 38.3. The highest BCUT2D eigenvalue weighted by Gasteiger charge is 2.67. The average Bonchev–Trinajstić information content (AvgIpc) is 2.88. The predicted molar refractivity (Wildman–Crippen MR) is 112 cm³/mol. The van der Waals surface area contributed by atoms with Crippen LogP contribution in [0.4, 0.5) is 0 Å². The molecule has 2 aliphatic carbocycles. The molecule has 0 radical (unpaired) electrons. The Balaban J connectivity index is 2.17. The molecule has 7 heteroatoms. The fourth-order valence-corrected chi connectivity index (χ4v) is 6.46. The maximum Gasteiger partial charge on any atom is 0.265 e. The standard InChI is InChI=1S/C22H30O6S/c1-20(2,3)17-11-14(28-6)9-13(18(17)23)10-15-16-7-8-22(19(15)24,21(16,4)5)12-29(25,26)27/h9-11,16,23H,7-8,12H2,1-6H3,(H,25,26,27)/b15-10+. The molecule has 2 saturated carbocycles. The lowest BCUT2D eigenvalue weighted by molar-refractivity contribution is -0.125. The third-order valence-electron chi connectivity index (χ3n) is 6.93. The maximum atomic E-state index is 13.4. The number of methoxy groups -OCH3 is 1. The Bertz CT molecular complexity index is 997. The summed E-state index contributed by atoms with van der Waals surface area (Å²) >= 11 is 0. The van der Waals surface area contributed by atoms with Crippen molar-refractivity contribution >= 4 is 22.0 Å². The van der Waals surface area contributed by atoms with Crippen molar-refractivity contribution in [1.29, 1.82) is 0 Å². The summed E-state index contributed by atoms with van der Waals surface area (Å²) in [7, 11) is -2.77. The Labute approximate surface area is 172 Å². The molecule has 0 spiro atoms. The van der Waals surface area contributed by atoms with Crippen molar-refractivity contribution in [2.45, 2.75) is 52.9 Å². The first-order chi connectivity index (χ1) is 13.1. The van der Waals surface area contributed by atoms with Crippen molar-refractivity contribution in [3.05, 3.63) is 28.8 Å². The molecule has 1 aromatic carbocycles. The highest BCUT2D eigenvalue weighted by atomic mass is 32.2. The van der Waals surface area contributed by atoms with E-state index in [1.54, 1.807) is 25.3 Å². The van der Waals surface area contributed by atoms with Crippen LogP contribution in [0.1, 0.15) is 58.6 Å². The largest absolute Gasteiger partial charge is 0.507 e. The summed E-state index contributed by atoms with van der Waals surface area (Å²) in [5, 5.41) is 10.9. The topological polar surface area (TPSA) is 101 Å². The van der Waals surface area contributed by atoms with Gasteiger partial charge in [0.1, 0.15) is 11.5 Å². The van der Waals surface area contributed by atoms with Crippen molar-refractivity contribution in [3.8, 4) is 11.5 Å². The maximum absolute atomic E-state index is 13.4. The van der Waals surface area contributed by atoms with E-state index in [2.05, 4.69) is 0 Å². The lowest BCUT2D eigenvalue weighted by Gasteiger charge is -2.34. The molecule has 6 nitrogen and oxygen atoms in total. The first-order valence-corrected chi connectivity index (χ1v) is 11.4. The minimum Gasteiger partial charge on any atom is -0.507 e. The number of ketones is 1. The van der Waals surface area contributed by atoms with Crippen molar-refractivity contribution in [3.63, 3.8) is 0 Å². The van der Waals surface area contributed by atoms with Crippen molar-refractivity contribution in [1.82, 2.24) is 0 Å². The summed E-state index contributed by atoms with van der Waals surface area (Å²) in [5.41, 5.74) is -0.399. The average molecular weight is 423 g/mol. The molecule has 0 amide bonds. The molecule has 2 atom stereocenters. The lowest BCUT2D eigenvalue weighted by Crippen LogP contribution is -2.42. The van der Waals surface area contributed by atoms with E-state index in [0.29, 0.717) is 35.3 Å². The van der Waals surface area contributed by atoms with Gasteiger partial charge in [-0.3, -0.25) is 9.35 Å². The van der Waals surface area contributed by atoms with Gasteiger partial charge in [-0.2, -0.15) is 8.42 Å². The minimum absolute atomic E-state index is 0.0861. The zero-order valence-corrected chi connectivity index (χ0v) is 18.7. The van der Waals surface area contributed by atoms with Crippen LogP contribution in [0.15, 0.2) is 17.7 Å². The molecule has 3 rings (SSSR count). The molecule has 2 fully saturated rings. The molecule has 0 saturated heterocycles. The first-order valence-electron chi connectivity index (χ1n) is 9.77. The van der Waals surface area contributed by atoms with Crippen molar-refractivity contribution in [2.24, 2.45) is 16.7 Å². The third-order valence-corrected chi connectivity index (χ3v) is 7.79. The molecule has 1 aromatic rings. The smallest absolute Gasteiger partial charge is 0.265 e. The molecule has 0 aliphatic heterocycles. The van der Waals surface area contributed by atoms with Crippen LogP contribution in [0, 0.1) is 16.7 Å². The summed E-state index contributed by atoms with van der Waals surface area (Å²) in [6.45, 7) is 9.71. The number of carbonyl (C=O) groups excluding carboxylic acids is 1. The highest BCUT2D eigenvalue weighted by Crippen LogP contribution is 2.66. The number of hydrogen-bond acceptors (Lipinski definition) is 5. The van der Waals surface area contributed by atoms with Crippen LogP contribution in [0.5, 0.6) is 11.5 Å². The van der Waals surface area contributed by atoms with Gasteiger partial charge in [0.15, 0.2) is 5.78 Å². The number of allylic oxidation sites excluding steroid dienone is 1. The monoisotopic (exact) mass is 422 g/mol. The second kappa shape index (κ2) is 6.57. The van der Waals surface area contributed by atoms with Gasteiger partial charge in [0.05, 0.1) is 18.3 Å². The molecule has 0 heterocycles. The first kappa shape index (κ1) is 21.8. The van der Waals surface area contributed by atoms with Gasteiger partial charge in [-0.05, 0) is 47.8 Å². The second-order valence-corrected chi connectivity index (χ2v) is 11.4. The summed E-state index contributed by atoms with van der Waals surface area (Å²) in [4.78, 5) is 13.4. The number of Topliss-reactive ketones (excluding diaryl/α,β-unsaturated/α-hetero) is 1. The van der Waals surface area contributed by atoms with Crippen LogP contribution < -0.4 is 4.74 Å². The van der Waals surface area contributed by atoms with Crippen molar-refractivity contribution in [2.75, 3.05) is 12.9 Å². The quantitative estimate of drug-likeness (QED) is 0.562. The van der Waals surface area contributed by atoms with Crippen LogP contribution in [-0.4, -0.2) is 36.7 Å².